The van der Waals surface area contributed by atoms with Gasteiger partial charge in [-0.05, 0) is 57.2 Å². The molecule has 0 radical (unpaired) electrons. The second kappa shape index (κ2) is 11.1. The van der Waals surface area contributed by atoms with E-state index in [0.29, 0.717) is 5.69 Å². The summed E-state index contributed by atoms with van der Waals surface area (Å²) in [7, 11) is 0. The minimum atomic E-state index is -2.10. The fraction of sp³-hybridized carbons (Fsp3) is 0.185. The number of carbonyl (C=O) groups is 4. The molecule has 8 nitrogen and oxygen atoms in total. The Kier molecular flexibility index (Phi) is 7.99. The third-order valence-electron chi connectivity index (χ3n) is 5.07. The van der Waals surface area contributed by atoms with Gasteiger partial charge in [0, 0.05) is 5.69 Å². The van der Waals surface area contributed by atoms with Crippen molar-refractivity contribution in [2.75, 3.05) is 5.32 Å². The topological polar surface area (TPSA) is 119 Å². The molecule has 0 spiro atoms. The van der Waals surface area contributed by atoms with Crippen molar-refractivity contribution in [2.24, 2.45) is 0 Å². The second-order valence-corrected chi connectivity index (χ2v) is 8.08. The fourth-order valence-electron chi connectivity index (χ4n) is 3.26. The zero-order chi connectivity index (χ0) is 25.5. The second-order valence-electron chi connectivity index (χ2n) is 8.08. The van der Waals surface area contributed by atoms with Gasteiger partial charge in [0.2, 0.25) is 12.2 Å². The molecule has 0 fully saturated rings. The average molecular weight is 475 g/mol. The van der Waals surface area contributed by atoms with Gasteiger partial charge in [-0.3, -0.25) is 4.79 Å². The van der Waals surface area contributed by atoms with Crippen LogP contribution in [0.4, 0.5) is 5.69 Å². The van der Waals surface area contributed by atoms with Crippen molar-refractivity contribution in [3.05, 3.63) is 101 Å². The highest BCUT2D eigenvalue weighted by molar-refractivity contribution is 6.01. The summed E-state index contributed by atoms with van der Waals surface area (Å²) in [5.41, 5.74) is 3.03. The molecule has 2 atom stereocenters. The Balaban J connectivity index is 1.91. The first-order chi connectivity index (χ1) is 16.6. The molecule has 0 saturated heterocycles. The van der Waals surface area contributed by atoms with Crippen LogP contribution in [0.5, 0.6) is 0 Å². The number of aryl methyl sites for hydroxylation is 3. The van der Waals surface area contributed by atoms with Crippen LogP contribution in [0.25, 0.3) is 0 Å². The summed E-state index contributed by atoms with van der Waals surface area (Å²) in [6, 6.07) is 19.4. The van der Waals surface area contributed by atoms with Crippen molar-refractivity contribution in [2.45, 2.75) is 33.0 Å². The molecule has 0 bridgehead atoms. The van der Waals surface area contributed by atoms with Crippen LogP contribution >= 0.6 is 0 Å². The number of carbonyl (C=O) groups excluding carboxylic acids is 3. The number of hydrogen-bond donors (Lipinski definition) is 2. The Hall–Kier alpha value is -4.46. The monoisotopic (exact) mass is 475 g/mol. The van der Waals surface area contributed by atoms with E-state index in [9.17, 15) is 24.3 Å². The number of rotatable bonds is 8. The van der Waals surface area contributed by atoms with Crippen LogP contribution in [0.3, 0.4) is 0 Å². The van der Waals surface area contributed by atoms with Gasteiger partial charge in [0.05, 0.1) is 11.1 Å². The van der Waals surface area contributed by atoms with Gasteiger partial charge in [-0.25, -0.2) is 14.4 Å². The molecule has 0 heterocycles. The summed E-state index contributed by atoms with van der Waals surface area (Å²) in [5, 5.41) is 12.3. The van der Waals surface area contributed by atoms with Crippen molar-refractivity contribution >= 4 is 29.5 Å². The van der Waals surface area contributed by atoms with E-state index in [1.165, 1.54) is 24.3 Å². The van der Waals surface area contributed by atoms with Crippen LogP contribution < -0.4 is 5.32 Å². The number of nitrogens with one attached hydrogen (secondary N) is 1. The van der Waals surface area contributed by atoms with Crippen LogP contribution in [0.15, 0.2) is 72.8 Å². The fourth-order valence-corrected chi connectivity index (χ4v) is 3.26. The molecule has 8 heteroatoms. The minimum absolute atomic E-state index is 0.0963. The normalized spacial score (nSPS) is 12.2. The number of aliphatic carboxylic acids is 1. The van der Waals surface area contributed by atoms with E-state index in [1.54, 1.807) is 62.4 Å². The standard InChI is InChI=1S/C27H25NO7/c1-16-10-12-21(13-11-16)28-24(29)22(34-26(32)19-8-4-6-17(2)14-19)23(25(30)31)35-27(33)20-9-5-7-18(3)15-20/h4-15,22-23H,1-3H3,(H,28,29)(H,30,31)/t22-,23-/m1/s1. The molecule has 0 aliphatic heterocycles. The Labute approximate surface area is 202 Å². The highest BCUT2D eigenvalue weighted by Crippen LogP contribution is 2.17. The van der Waals surface area contributed by atoms with Gasteiger partial charge in [0.15, 0.2) is 0 Å². The molecule has 2 N–H and O–H groups in total. The molecule has 35 heavy (non-hydrogen) atoms. The molecule has 3 aromatic rings. The summed E-state index contributed by atoms with van der Waals surface area (Å²) in [5.74, 6) is -4.51. The summed E-state index contributed by atoms with van der Waals surface area (Å²) >= 11 is 0. The Morgan fingerprint density at radius 3 is 1.63 bits per heavy atom. The summed E-state index contributed by atoms with van der Waals surface area (Å²) in [4.78, 5) is 50.7. The van der Waals surface area contributed by atoms with Gasteiger partial charge in [0.25, 0.3) is 5.91 Å². The largest absolute Gasteiger partial charge is 0.478 e. The summed E-state index contributed by atoms with van der Waals surface area (Å²) < 4.78 is 10.5. The van der Waals surface area contributed by atoms with E-state index >= 15 is 0 Å². The van der Waals surface area contributed by atoms with E-state index in [-0.39, 0.29) is 11.1 Å². The number of amides is 1. The SMILES string of the molecule is Cc1ccc(NC(=O)[C@H](OC(=O)c2cccc(C)c2)[C@@H](OC(=O)c2cccc(C)c2)C(=O)O)cc1. The molecule has 0 unspecified atom stereocenters. The third-order valence-corrected chi connectivity index (χ3v) is 5.07. The van der Waals surface area contributed by atoms with Gasteiger partial charge < -0.3 is 19.9 Å². The van der Waals surface area contributed by atoms with E-state index in [2.05, 4.69) is 5.32 Å². The molecular weight excluding hydrogens is 450 g/mol. The number of carboxylic acid groups (broad SMARTS) is 1. The average Bonchev–Trinajstić information content (AvgIpc) is 2.82. The van der Waals surface area contributed by atoms with Crippen LogP contribution in [-0.2, 0) is 19.1 Å². The lowest BCUT2D eigenvalue weighted by atomic mass is 10.1. The van der Waals surface area contributed by atoms with Crippen LogP contribution in [0.2, 0.25) is 0 Å². The zero-order valence-electron chi connectivity index (χ0n) is 19.5. The molecule has 180 valence electrons. The van der Waals surface area contributed by atoms with Crippen molar-refractivity contribution < 1.29 is 33.8 Å². The van der Waals surface area contributed by atoms with Crippen molar-refractivity contribution in [3.63, 3.8) is 0 Å². The van der Waals surface area contributed by atoms with Gasteiger partial charge in [-0.15, -0.1) is 0 Å². The minimum Gasteiger partial charge on any atom is -0.478 e. The highest BCUT2D eigenvalue weighted by Gasteiger charge is 2.41. The molecular formula is C27H25NO7. The zero-order valence-corrected chi connectivity index (χ0v) is 19.5. The Bertz CT molecular complexity index is 1250. The summed E-state index contributed by atoms with van der Waals surface area (Å²) in [6.07, 6.45) is -4.06. The maximum absolute atomic E-state index is 13.1. The predicted molar refractivity (Wildman–Crippen MR) is 128 cm³/mol. The predicted octanol–water partition coefficient (Wildman–Crippen LogP) is 4.09. The first-order valence-electron chi connectivity index (χ1n) is 10.8. The lowest BCUT2D eigenvalue weighted by Crippen LogP contribution is -2.48. The Morgan fingerprint density at radius 2 is 1.17 bits per heavy atom. The molecule has 3 aromatic carbocycles. The van der Waals surface area contributed by atoms with Crippen molar-refractivity contribution in [1.82, 2.24) is 0 Å². The maximum atomic E-state index is 13.1. The van der Waals surface area contributed by atoms with E-state index < -0.39 is 36.0 Å². The number of carboxylic acids is 1. The lowest BCUT2D eigenvalue weighted by Gasteiger charge is -2.23. The van der Waals surface area contributed by atoms with Crippen LogP contribution in [0.1, 0.15) is 37.4 Å². The first kappa shape index (κ1) is 25.2. The third kappa shape index (κ3) is 6.77. The quantitative estimate of drug-likeness (QED) is 0.471. The highest BCUT2D eigenvalue weighted by atomic mass is 16.6. The summed E-state index contributed by atoms with van der Waals surface area (Å²) in [6.45, 7) is 5.39. The molecule has 3 rings (SSSR count). The number of hydrogen-bond acceptors (Lipinski definition) is 6. The first-order valence-corrected chi connectivity index (χ1v) is 10.8. The molecule has 0 aliphatic carbocycles. The molecule has 0 aromatic heterocycles. The van der Waals surface area contributed by atoms with Crippen LogP contribution in [-0.4, -0.2) is 41.1 Å². The lowest BCUT2D eigenvalue weighted by molar-refractivity contribution is -0.157. The van der Waals surface area contributed by atoms with Crippen molar-refractivity contribution in [1.29, 1.82) is 0 Å². The molecule has 0 aliphatic rings. The van der Waals surface area contributed by atoms with Crippen molar-refractivity contribution in [3.8, 4) is 0 Å². The van der Waals surface area contributed by atoms with Gasteiger partial charge >= 0.3 is 17.9 Å². The van der Waals surface area contributed by atoms with Gasteiger partial charge in [-0.1, -0.05) is 53.1 Å². The Morgan fingerprint density at radius 1 is 0.686 bits per heavy atom. The van der Waals surface area contributed by atoms with E-state index in [4.69, 9.17) is 9.47 Å². The smallest absolute Gasteiger partial charge is 0.349 e. The van der Waals surface area contributed by atoms with E-state index in [1.807, 2.05) is 6.92 Å². The number of anilines is 1. The number of esters is 2. The number of ether oxygens (including phenoxy) is 2. The van der Waals surface area contributed by atoms with Crippen LogP contribution in [0, 0.1) is 20.8 Å². The molecule has 1 amide bonds. The van der Waals surface area contributed by atoms with Gasteiger partial charge in [-0.2, -0.15) is 0 Å². The van der Waals surface area contributed by atoms with E-state index in [0.717, 1.165) is 16.7 Å². The molecule has 0 saturated carbocycles. The maximum Gasteiger partial charge on any atom is 0.349 e. The number of benzene rings is 3. The van der Waals surface area contributed by atoms with Gasteiger partial charge in [0.1, 0.15) is 0 Å².